The fourth-order valence-electron chi connectivity index (χ4n) is 4.83. The van der Waals surface area contributed by atoms with Crippen LogP contribution in [0.25, 0.3) is 0 Å². The van der Waals surface area contributed by atoms with E-state index in [-0.39, 0.29) is 18.9 Å². The summed E-state index contributed by atoms with van der Waals surface area (Å²) < 4.78 is 11.2. The van der Waals surface area contributed by atoms with Gasteiger partial charge in [0.15, 0.2) is 0 Å². The van der Waals surface area contributed by atoms with Gasteiger partial charge in [-0.25, -0.2) is 4.79 Å². The van der Waals surface area contributed by atoms with Crippen LogP contribution < -0.4 is 15.4 Å². The molecule has 0 spiro atoms. The number of para-hydroxylation sites is 2. The fraction of sp³-hybridized carbons (Fsp3) is 0.429. The molecule has 0 saturated carbocycles. The van der Waals surface area contributed by atoms with Crippen molar-refractivity contribution in [2.24, 2.45) is 5.92 Å². The molecule has 8 heteroatoms. The Morgan fingerprint density at radius 3 is 2.50 bits per heavy atom. The van der Waals surface area contributed by atoms with Crippen molar-refractivity contribution in [3.8, 4) is 5.75 Å². The molecule has 0 aromatic heterocycles. The van der Waals surface area contributed by atoms with Crippen LogP contribution in [0.2, 0.25) is 0 Å². The largest absolute Gasteiger partial charge is 0.495 e. The van der Waals surface area contributed by atoms with Crippen molar-refractivity contribution in [2.75, 3.05) is 32.1 Å². The number of methoxy groups -OCH3 is 1. The molecule has 2 aromatic rings. The van der Waals surface area contributed by atoms with Gasteiger partial charge in [0.05, 0.1) is 38.0 Å². The molecule has 2 aliphatic rings. The van der Waals surface area contributed by atoms with Gasteiger partial charge in [-0.1, -0.05) is 54.6 Å². The van der Waals surface area contributed by atoms with Crippen molar-refractivity contribution in [1.82, 2.24) is 10.2 Å². The minimum Gasteiger partial charge on any atom is -0.495 e. The lowest BCUT2D eigenvalue weighted by Gasteiger charge is -2.35. The van der Waals surface area contributed by atoms with Gasteiger partial charge in [-0.15, -0.1) is 0 Å². The normalized spacial score (nSPS) is 22.2. The third-order valence-electron chi connectivity index (χ3n) is 6.83. The predicted molar refractivity (Wildman–Crippen MR) is 138 cm³/mol. The zero-order valence-corrected chi connectivity index (χ0v) is 20.6. The monoisotopic (exact) mass is 493 g/mol. The number of anilines is 1. The first kappa shape index (κ1) is 25.7. The molecule has 192 valence electrons. The Morgan fingerprint density at radius 1 is 1.06 bits per heavy atom. The Bertz CT molecular complexity index is 1040. The Hall–Kier alpha value is -3.36. The number of urea groups is 1. The molecule has 3 N–H and O–H groups in total. The van der Waals surface area contributed by atoms with Gasteiger partial charge >= 0.3 is 6.03 Å². The molecular formula is C28H35N3O5. The van der Waals surface area contributed by atoms with E-state index < -0.39 is 24.3 Å². The van der Waals surface area contributed by atoms with Crippen molar-refractivity contribution < 1.29 is 24.2 Å². The third kappa shape index (κ3) is 6.86. The smallest absolute Gasteiger partial charge is 0.319 e. The highest BCUT2D eigenvalue weighted by Gasteiger charge is 2.31. The second-order valence-electron chi connectivity index (χ2n) is 9.32. The maximum absolute atomic E-state index is 12.9. The minimum atomic E-state index is -0.646. The average molecular weight is 494 g/mol. The molecule has 36 heavy (non-hydrogen) atoms. The number of rotatable bonds is 8. The highest BCUT2D eigenvalue weighted by atomic mass is 16.5. The summed E-state index contributed by atoms with van der Waals surface area (Å²) in [5, 5.41) is 15.4. The topological polar surface area (TPSA) is 100 Å². The third-order valence-corrected chi connectivity index (χ3v) is 6.83. The van der Waals surface area contributed by atoms with Gasteiger partial charge in [0.2, 0.25) is 5.91 Å². The first-order valence-corrected chi connectivity index (χ1v) is 12.5. The maximum Gasteiger partial charge on any atom is 0.319 e. The number of carbonyl (C=O) groups is 2. The first-order chi connectivity index (χ1) is 17.6. The number of likely N-dealkylation sites (tertiary alicyclic amines) is 1. The van der Waals surface area contributed by atoms with Crippen molar-refractivity contribution in [3.63, 3.8) is 0 Å². The number of nitrogens with one attached hydrogen (secondary N) is 2. The second kappa shape index (κ2) is 12.6. The Labute approximate surface area is 212 Å². The van der Waals surface area contributed by atoms with Gasteiger partial charge in [0, 0.05) is 13.1 Å². The molecule has 3 amide bonds. The van der Waals surface area contributed by atoms with Gasteiger partial charge in [-0.2, -0.15) is 0 Å². The number of piperidine rings is 1. The van der Waals surface area contributed by atoms with Crippen LogP contribution in [0.5, 0.6) is 5.75 Å². The molecular weight excluding hydrogens is 458 g/mol. The van der Waals surface area contributed by atoms with Crippen LogP contribution in [0.4, 0.5) is 10.5 Å². The lowest BCUT2D eigenvalue weighted by Crippen LogP contribution is -2.50. The minimum absolute atomic E-state index is 0.0554. The molecule has 2 aromatic carbocycles. The lowest BCUT2D eigenvalue weighted by atomic mass is 9.90. The molecule has 0 bridgehead atoms. The van der Waals surface area contributed by atoms with Gasteiger partial charge in [-0.05, 0) is 42.9 Å². The highest BCUT2D eigenvalue weighted by molar-refractivity contribution is 5.91. The van der Waals surface area contributed by atoms with Gasteiger partial charge < -0.3 is 30.1 Å². The fourth-order valence-corrected chi connectivity index (χ4v) is 4.83. The number of hydrogen-bond donors (Lipinski definition) is 3. The van der Waals surface area contributed by atoms with Crippen molar-refractivity contribution >= 4 is 17.6 Å². The van der Waals surface area contributed by atoms with Crippen LogP contribution in [0.15, 0.2) is 66.7 Å². The van der Waals surface area contributed by atoms with Crippen molar-refractivity contribution in [2.45, 2.75) is 43.9 Å². The summed E-state index contributed by atoms with van der Waals surface area (Å²) in [7, 11) is 1.53. The van der Waals surface area contributed by atoms with Gasteiger partial charge in [-0.3, -0.25) is 4.79 Å². The predicted octanol–water partition coefficient (Wildman–Crippen LogP) is 3.37. The number of aliphatic hydroxyl groups is 1. The molecule has 3 atom stereocenters. The quantitative estimate of drug-likeness (QED) is 0.490. The molecule has 2 heterocycles. The SMILES string of the molecule is COc1ccccc1NC(=O)N[C@@H]1C=C[C@@H](CC(=O)N2CCC(Cc3ccccc3)CC2)O[C@@H]1CO. The van der Waals surface area contributed by atoms with E-state index in [1.807, 2.05) is 17.0 Å². The van der Waals surface area contributed by atoms with Crippen LogP contribution in [0.1, 0.15) is 24.8 Å². The van der Waals surface area contributed by atoms with Crippen LogP contribution in [-0.4, -0.2) is 67.0 Å². The van der Waals surface area contributed by atoms with Crippen molar-refractivity contribution in [1.29, 1.82) is 0 Å². The van der Waals surface area contributed by atoms with E-state index in [0.717, 1.165) is 32.4 Å². The molecule has 0 aliphatic carbocycles. The Kier molecular flexibility index (Phi) is 8.97. The summed E-state index contributed by atoms with van der Waals surface area (Å²) in [6.07, 6.45) is 5.75. The van der Waals surface area contributed by atoms with Gasteiger partial charge in [0.1, 0.15) is 11.9 Å². The zero-order chi connectivity index (χ0) is 25.3. The highest BCUT2D eigenvalue weighted by Crippen LogP contribution is 2.25. The summed E-state index contributed by atoms with van der Waals surface area (Å²) in [6.45, 7) is 1.23. The van der Waals surface area contributed by atoms with Crippen molar-refractivity contribution in [3.05, 3.63) is 72.3 Å². The van der Waals surface area contributed by atoms with Crippen LogP contribution in [-0.2, 0) is 16.0 Å². The van der Waals surface area contributed by atoms with Crippen LogP contribution >= 0.6 is 0 Å². The average Bonchev–Trinajstić information content (AvgIpc) is 2.90. The molecule has 2 aliphatic heterocycles. The first-order valence-electron chi connectivity index (χ1n) is 12.5. The number of benzene rings is 2. The van der Waals surface area contributed by atoms with E-state index in [9.17, 15) is 14.7 Å². The molecule has 1 fully saturated rings. The Balaban J connectivity index is 1.25. The van der Waals surface area contributed by atoms with E-state index in [4.69, 9.17) is 9.47 Å². The summed E-state index contributed by atoms with van der Waals surface area (Å²) >= 11 is 0. The van der Waals surface area contributed by atoms with E-state index in [2.05, 4.69) is 34.9 Å². The molecule has 1 saturated heterocycles. The summed E-state index contributed by atoms with van der Waals surface area (Å²) in [6, 6.07) is 16.6. The van der Waals surface area contributed by atoms with Crippen LogP contribution in [0, 0.1) is 5.92 Å². The number of hydrogen-bond acceptors (Lipinski definition) is 5. The number of nitrogens with zero attached hydrogens (tertiary/aromatic N) is 1. The second-order valence-corrected chi connectivity index (χ2v) is 9.32. The summed E-state index contributed by atoms with van der Waals surface area (Å²) in [5.74, 6) is 1.19. The van der Waals surface area contributed by atoms with E-state index in [0.29, 0.717) is 17.4 Å². The maximum atomic E-state index is 12.9. The molecule has 0 unspecified atom stereocenters. The van der Waals surface area contributed by atoms with E-state index in [1.165, 1.54) is 12.7 Å². The summed E-state index contributed by atoms with van der Waals surface area (Å²) in [4.78, 5) is 27.3. The standard InChI is InChI=1S/C28H35N3O5/c1-35-25-10-6-5-9-23(25)29-28(34)30-24-12-11-22(36-26(24)19-32)18-27(33)31-15-13-21(14-16-31)17-20-7-3-2-4-8-20/h2-12,21-22,24,26,32H,13-19H2,1H3,(H2,29,30,34)/t22-,24+,26+/m0/s1. The number of ether oxygens (including phenoxy) is 2. The molecule has 8 nitrogen and oxygen atoms in total. The summed E-state index contributed by atoms with van der Waals surface area (Å²) in [5.41, 5.74) is 1.88. The van der Waals surface area contributed by atoms with Gasteiger partial charge in [0.25, 0.3) is 0 Å². The van der Waals surface area contributed by atoms with Crippen LogP contribution in [0.3, 0.4) is 0 Å². The molecule has 0 radical (unpaired) electrons. The molecule has 4 rings (SSSR count). The number of amides is 3. The number of aliphatic hydroxyl groups excluding tert-OH is 1. The Morgan fingerprint density at radius 2 is 1.78 bits per heavy atom. The zero-order valence-electron chi connectivity index (χ0n) is 20.6. The van der Waals surface area contributed by atoms with E-state index >= 15 is 0 Å². The van der Waals surface area contributed by atoms with E-state index in [1.54, 1.807) is 30.4 Å². The lowest BCUT2D eigenvalue weighted by molar-refractivity contribution is -0.136. The number of carbonyl (C=O) groups excluding carboxylic acids is 2.